The van der Waals surface area contributed by atoms with Crippen molar-refractivity contribution in [2.75, 3.05) is 24.5 Å². The Kier molecular flexibility index (Phi) is 4.50. The molecule has 25 heavy (non-hydrogen) atoms. The van der Waals surface area contributed by atoms with Gasteiger partial charge in [0.1, 0.15) is 11.9 Å². The monoisotopic (exact) mass is 338 g/mol. The van der Waals surface area contributed by atoms with Gasteiger partial charge in [0.25, 0.3) is 0 Å². The molecule has 1 amide bonds. The maximum absolute atomic E-state index is 12.6. The lowest BCUT2D eigenvalue weighted by Crippen LogP contribution is -2.45. The molecule has 6 heteroatoms. The normalized spacial score (nSPS) is 22.2. The fraction of sp³-hybridized carbons (Fsp3) is 0.421. The Morgan fingerprint density at radius 1 is 1.24 bits per heavy atom. The number of nitrogens with zero attached hydrogens (tertiary/aromatic N) is 3. The predicted molar refractivity (Wildman–Crippen MR) is 94.5 cm³/mol. The second kappa shape index (κ2) is 7.09. The number of carbonyl (C=O) groups is 1. The summed E-state index contributed by atoms with van der Waals surface area (Å²) in [5.74, 6) is 1.71. The average Bonchev–Trinajstić information content (AvgIpc) is 3.10. The van der Waals surface area contributed by atoms with Gasteiger partial charge in [0.15, 0.2) is 0 Å². The van der Waals surface area contributed by atoms with Gasteiger partial charge < -0.3 is 15.0 Å². The summed E-state index contributed by atoms with van der Waals surface area (Å²) in [6, 6.07) is 9.86. The molecule has 0 saturated carbocycles. The number of carbonyl (C=O) groups excluding carboxylic acids is 1. The first-order chi connectivity index (χ1) is 12.3. The fourth-order valence-electron chi connectivity index (χ4n) is 3.55. The number of ether oxygens (including phenoxy) is 1. The number of nitrogens with one attached hydrogen (secondary N) is 1. The van der Waals surface area contributed by atoms with Gasteiger partial charge in [-0.2, -0.15) is 0 Å². The molecule has 4 rings (SSSR count). The van der Waals surface area contributed by atoms with Crippen molar-refractivity contribution in [3.63, 3.8) is 0 Å². The predicted octanol–water partition coefficient (Wildman–Crippen LogP) is 1.81. The number of hydrogen-bond acceptors (Lipinski definition) is 5. The van der Waals surface area contributed by atoms with E-state index in [2.05, 4.69) is 26.3 Å². The van der Waals surface area contributed by atoms with Crippen molar-refractivity contribution >= 4 is 11.9 Å². The van der Waals surface area contributed by atoms with Gasteiger partial charge in [0.2, 0.25) is 11.9 Å². The van der Waals surface area contributed by atoms with Crippen molar-refractivity contribution in [1.82, 2.24) is 15.3 Å². The van der Waals surface area contributed by atoms with Gasteiger partial charge in [-0.1, -0.05) is 18.2 Å². The summed E-state index contributed by atoms with van der Waals surface area (Å²) < 4.78 is 5.89. The molecule has 1 fully saturated rings. The number of anilines is 1. The van der Waals surface area contributed by atoms with Gasteiger partial charge in [0, 0.05) is 31.9 Å². The Balaban J connectivity index is 1.30. The van der Waals surface area contributed by atoms with Crippen molar-refractivity contribution in [3.05, 3.63) is 48.3 Å². The zero-order valence-electron chi connectivity index (χ0n) is 14.1. The molecule has 6 nitrogen and oxygen atoms in total. The van der Waals surface area contributed by atoms with Crippen LogP contribution in [-0.2, 0) is 11.2 Å². The maximum atomic E-state index is 12.6. The highest BCUT2D eigenvalue weighted by Crippen LogP contribution is 2.28. The molecule has 2 atom stereocenters. The quantitative estimate of drug-likeness (QED) is 0.921. The first-order valence-corrected chi connectivity index (χ1v) is 8.84. The highest BCUT2D eigenvalue weighted by molar-refractivity contribution is 5.79. The third-order valence-corrected chi connectivity index (χ3v) is 4.84. The van der Waals surface area contributed by atoms with Crippen LogP contribution in [0.3, 0.4) is 0 Å². The van der Waals surface area contributed by atoms with Crippen LogP contribution in [0.1, 0.15) is 18.4 Å². The van der Waals surface area contributed by atoms with Crippen LogP contribution in [0.2, 0.25) is 0 Å². The number of para-hydroxylation sites is 1. The maximum Gasteiger partial charge on any atom is 0.225 e. The first kappa shape index (κ1) is 15.9. The van der Waals surface area contributed by atoms with E-state index >= 15 is 0 Å². The molecule has 3 heterocycles. The molecule has 1 aromatic heterocycles. The third-order valence-electron chi connectivity index (χ3n) is 4.84. The highest BCUT2D eigenvalue weighted by Gasteiger charge is 2.28. The number of benzene rings is 1. The first-order valence-electron chi connectivity index (χ1n) is 8.84. The molecule has 2 aliphatic heterocycles. The van der Waals surface area contributed by atoms with Crippen LogP contribution in [-0.4, -0.2) is 41.6 Å². The molecule has 1 aromatic carbocycles. The zero-order valence-corrected chi connectivity index (χ0v) is 14.1. The van der Waals surface area contributed by atoms with Gasteiger partial charge >= 0.3 is 0 Å². The molecule has 130 valence electrons. The number of rotatable bonds is 4. The fourth-order valence-corrected chi connectivity index (χ4v) is 3.55. The van der Waals surface area contributed by atoms with Crippen molar-refractivity contribution in [1.29, 1.82) is 0 Å². The Morgan fingerprint density at radius 3 is 2.92 bits per heavy atom. The van der Waals surface area contributed by atoms with E-state index in [9.17, 15) is 4.79 Å². The van der Waals surface area contributed by atoms with E-state index in [1.54, 1.807) is 18.5 Å². The third kappa shape index (κ3) is 3.57. The largest absolute Gasteiger partial charge is 0.488 e. The Hall–Kier alpha value is -2.63. The van der Waals surface area contributed by atoms with Crippen LogP contribution in [0.15, 0.2) is 42.7 Å². The molecule has 1 saturated heterocycles. The Bertz CT molecular complexity index is 712. The van der Waals surface area contributed by atoms with Gasteiger partial charge in [-0.05, 0) is 30.5 Å². The zero-order chi connectivity index (χ0) is 17.1. The molecule has 2 aromatic rings. The lowest BCUT2D eigenvalue weighted by molar-refractivity contribution is -0.125. The minimum atomic E-state index is -0.0265. The standard InChI is InChI=1S/C19H22N4O2/c24-18(22-12-16-11-14-5-1-2-7-17(14)25-16)15-6-3-10-23(13-15)19-20-8-4-9-21-19/h1-2,4-5,7-9,15-16H,3,6,10-13H2,(H,22,24)/t15-,16-/m1/s1. The van der Waals surface area contributed by atoms with E-state index in [-0.39, 0.29) is 17.9 Å². The van der Waals surface area contributed by atoms with Gasteiger partial charge in [-0.25, -0.2) is 9.97 Å². The van der Waals surface area contributed by atoms with Gasteiger partial charge in [-0.3, -0.25) is 4.79 Å². The number of hydrogen-bond donors (Lipinski definition) is 1. The molecule has 1 N–H and O–H groups in total. The van der Waals surface area contributed by atoms with Crippen LogP contribution >= 0.6 is 0 Å². The van der Waals surface area contributed by atoms with Gasteiger partial charge in [-0.15, -0.1) is 0 Å². The van der Waals surface area contributed by atoms with Gasteiger partial charge in [0.05, 0.1) is 12.5 Å². The lowest BCUT2D eigenvalue weighted by atomic mass is 9.97. The van der Waals surface area contributed by atoms with Crippen molar-refractivity contribution in [2.45, 2.75) is 25.4 Å². The SMILES string of the molecule is O=C(NC[C@H]1Cc2ccccc2O1)[C@@H]1CCCN(c2ncccn2)C1. The summed E-state index contributed by atoms with van der Waals surface area (Å²) in [4.78, 5) is 23.2. The number of piperidine rings is 1. The van der Waals surface area contributed by atoms with E-state index in [0.717, 1.165) is 31.6 Å². The molecular weight excluding hydrogens is 316 g/mol. The van der Waals surface area contributed by atoms with Crippen LogP contribution in [0, 0.1) is 5.92 Å². The topological polar surface area (TPSA) is 67.3 Å². The molecular formula is C19H22N4O2. The van der Waals surface area contributed by atoms with E-state index in [1.807, 2.05) is 18.2 Å². The molecule has 0 aliphatic carbocycles. The van der Waals surface area contributed by atoms with Crippen LogP contribution in [0.5, 0.6) is 5.75 Å². The molecule has 0 bridgehead atoms. The summed E-state index contributed by atoms with van der Waals surface area (Å²) in [7, 11) is 0. The summed E-state index contributed by atoms with van der Waals surface area (Å²) in [6.45, 7) is 2.11. The van der Waals surface area contributed by atoms with E-state index in [4.69, 9.17) is 4.74 Å². The summed E-state index contributed by atoms with van der Waals surface area (Å²) >= 11 is 0. The molecule has 0 radical (unpaired) electrons. The molecule has 0 unspecified atom stereocenters. The lowest BCUT2D eigenvalue weighted by Gasteiger charge is -2.32. The Morgan fingerprint density at radius 2 is 2.08 bits per heavy atom. The number of fused-ring (bicyclic) bond motifs is 1. The van der Waals surface area contributed by atoms with Crippen molar-refractivity contribution < 1.29 is 9.53 Å². The van der Waals surface area contributed by atoms with E-state index in [0.29, 0.717) is 19.0 Å². The van der Waals surface area contributed by atoms with Crippen LogP contribution in [0.4, 0.5) is 5.95 Å². The van der Waals surface area contributed by atoms with E-state index < -0.39 is 0 Å². The average molecular weight is 338 g/mol. The second-order valence-corrected chi connectivity index (χ2v) is 6.63. The summed E-state index contributed by atoms with van der Waals surface area (Å²) in [5.41, 5.74) is 1.21. The highest BCUT2D eigenvalue weighted by atomic mass is 16.5. The van der Waals surface area contributed by atoms with E-state index in [1.165, 1.54) is 5.56 Å². The Labute approximate surface area is 147 Å². The molecule has 2 aliphatic rings. The van der Waals surface area contributed by atoms with Crippen LogP contribution < -0.4 is 15.0 Å². The van der Waals surface area contributed by atoms with Crippen molar-refractivity contribution in [3.8, 4) is 5.75 Å². The number of aromatic nitrogens is 2. The minimum Gasteiger partial charge on any atom is -0.488 e. The minimum absolute atomic E-state index is 0.0264. The van der Waals surface area contributed by atoms with Crippen LogP contribution in [0.25, 0.3) is 0 Å². The molecule has 0 spiro atoms. The smallest absolute Gasteiger partial charge is 0.225 e. The summed E-state index contributed by atoms with van der Waals surface area (Å²) in [6.07, 6.45) is 6.23. The summed E-state index contributed by atoms with van der Waals surface area (Å²) in [5, 5.41) is 3.07. The number of amides is 1. The second-order valence-electron chi connectivity index (χ2n) is 6.63. The van der Waals surface area contributed by atoms with Crippen molar-refractivity contribution in [2.24, 2.45) is 5.92 Å².